The fourth-order valence-electron chi connectivity index (χ4n) is 4.26. The van der Waals surface area contributed by atoms with E-state index in [1.54, 1.807) is 4.68 Å². The van der Waals surface area contributed by atoms with Crippen LogP contribution in [0.15, 0.2) is 4.79 Å². The van der Waals surface area contributed by atoms with Crippen LogP contribution in [0.1, 0.15) is 48.4 Å². The number of hydrogen-bond acceptors (Lipinski definition) is 3. The smallest absolute Gasteiger partial charge is 0.407 e. The van der Waals surface area contributed by atoms with Gasteiger partial charge < -0.3 is 15.0 Å². The second-order valence-electron chi connectivity index (χ2n) is 6.92. The topological polar surface area (TPSA) is 91.2 Å². The van der Waals surface area contributed by atoms with Crippen LogP contribution in [0.3, 0.4) is 0 Å². The van der Waals surface area contributed by atoms with Gasteiger partial charge in [0.05, 0.1) is 5.69 Å². The van der Waals surface area contributed by atoms with E-state index in [9.17, 15) is 14.7 Å². The molecule has 1 unspecified atom stereocenters. The minimum Gasteiger partial charge on any atom is -0.465 e. The van der Waals surface area contributed by atoms with E-state index in [1.165, 1.54) is 4.90 Å². The second-order valence-corrected chi connectivity index (χ2v) is 6.92. The largest absolute Gasteiger partial charge is 0.465 e. The van der Waals surface area contributed by atoms with E-state index < -0.39 is 6.09 Å². The standard InChI is InChI=1S/C17H22N4O3/c1-20-15-13(11-6-2-3-7-12(11)16(22)18-15)14(19-20)10-5-4-8-21(9-10)17(23)24/h10H,2-9H2,1H3,(H,18,22)(H,23,24). The molecule has 1 saturated heterocycles. The van der Waals surface area contributed by atoms with Crippen LogP contribution in [0.25, 0.3) is 11.0 Å². The maximum absolute atomic E-state index is 12.4. The first kappa shape index (κ1) is 15.2. The molecule has 0 radical (unpaired) electrons. The fraction of sp³-hybridized carbons (Fsp3) is 0.588. The summed E-state index contributed by atoms with van der Waals surface area (Å²) in [4.78, 5) is 28.2. The van der Waals surface area contributed by atoms with Crippen molar-refractivity contribution in [3.63, 3.8) is 0 Å². The molecule has 3 heterocycles. The average Bonchev–Trinajstić information content (AvgIpc) is 2.92. The molecule has 128 valence electrons. The zero-order valence-corrected chi connectivity index (χ0v) is 13.8. The van der Waals surface area contributed by atoms with Crippen molar-refractivity contribution in [2.75, 3.05) is 13.1 Å². The number of carbonyl (C=O) groups is 1. The van der Waals surface area contributed by atoms with Crippen molar-refractivity contribution in [1.82, 2.24) is 19.7 Å². The Balaban J connectivity index is 1.87. The lowest BCUT2D eigenvalue weighted by Crippen LogP contribution is -2.38. The van der Waals surface area contributed by atoms with Gasteiger partial charge in [-0.2, -0.15) is 5.10 Å². The predicted molar refractivity (Wildman–Crippen MR) is 89.5 cm³/mol. The van der Waals surface area contributed by atoms with Crippen LogP contribution in [0.5, 0.6) is 0 Å². The molecule has 2 N–H and O–H groups in total. The predicted octanol–water partition coefficient (Wildman–Crippen LogP) is 2.00. The lowest BCUT2D eigenvalue weighted by atomic mass is 9.87. The van der Waals surface area contributed by atoms with E-state index in [1.807, 2.05) is 7.05 Å². The molecule has 1 atom stereocenters. The summed E-state index contributed by atoms with van der Waals surface area (Å²) in [5.41, 5.74) is 3.75. The molecule has 0 spiro atoms. The number of piperidine rings is 1. The summed E-state index contributed by atoms with van der Waals surface area (Å²) in [7, 11) is 1.84. The molecule has 1 amide bonds. The number of likely N-dealkylation sites (tertiary alicyclic amines) is 1. The molecule has 7 nitrogen and oxygen atoms in total. The van der Waals surface area contributed by atoms with Crippen LogP contribution in [0.4, 0.5) is 4.79 Å². The lowest BCUT2D eigenvalue weighted by molar-refractivity contribution is 0.130. The van der Waals surface area contributed by atoms with Gasteiger partial charge >= 0.3 is 6.09 Å². The molecule has 0 bridgehead atoms. The quantitative estimate of drug-likeness (QED) is 0.836. The number of hydrogen-bond donors (Lipinski definition) is 2. The third kappa shape index (κ3) is 2.30. The van der Waals surface area contributed by atoms with Gasteiger partial charge in [0.1, 0.15) is 5.65 Å². The summed E-state index contributed by atoms with van der Waals surface area (Å²) in [6.07, 6.45) is 4.78. The first-order chi connectivity index (χ1) is 11.6. The van der Waals surface area contributed by atoms with Crippen molar-refractivity contribution in [1.29, 1.82) is 0 Å². The number of carboxylic acid groups (broad SMARTS) is 1. The number of aromatic nitrogens is 3. The van der Waals surface area contributed by atoms with Crippen molar-refractivity contribution < 1.29 is 9.90 Å². The maximum Gasteiger partial charge on any atom is 0.407 e. The number of H-pyrrole nitrogens is 1. The van der Waals surface area contributed by atoms with Gasteiger partial charge in [-0.3, -0.25) is 9.48 Å². The number of pyridine rings is 1. The number of nitrogens with one attached hydrogen (secondary N) is 1. The number of amides is 1. The molecule has 2 aromatic heterocycles. The van der Waals surface area contributed by atoms with Gasteiger partial charge in [0, 0.05) is 37.0 Å². The van der Waals surface area contributed by atoms with Gasteiger partial charge in [-0.25, -0.2) is 4.79 Å². The molecule has 1 aliphatic carbocycles. The Hall–Kier alpha value is -2.31. The van der Waals surface area contributed by atoms with Crippen molar-refractivity contribution in [3.8, 4) is 0 Å². The highest BCUT2D eigenvalue weighted by molar-refractivity contribution is 5.84. The third-order valence-electron chi connectivity index (χ3n) is 5.43. The average molecular weight is 330 g/mol. The van der Waals surface area contributed by atoms with Gasteiger partial charge in [-0.05, 0) is 44.1 Å². The summed E-state index contributed by atoms with van der Waals surface area (Å²) in [6, 6.07) is 0. The molecule has 2 aliphatic rings. The van der Waals surface area contributed by atoms with Crippen molar-refractivity contribution >= 4 is 17.1 Å². The Bertz CT molecular complexity index is 867. The number of rotatable bonds is 1. The molecular formula is C17H22N4O3. The van der Waals surface area contributed by atoms with Gasteiger partial charge in [-0.15, -0.1) is 0 Å². The Morgan fingerprint density at radius 2 is 2.00 bits per heavy atom. The Morgan fingerprint density at radius 1 is 1.25 bits per heavy atom. The van der Waals surface area contributed by atoms with Crippen LogP contribution in [-0.4, -0.2) is 44.0 Å². The van der Waals surface area contributed by atoms with Crippen LogP contribution in [0.2, 0.25) is 0 Å². The molecule has 4 rings (SSSR count). The first-order valence-electron chi connectivity index (χ1n) is 8.64. The van der Waals surface area contributed by atoms with E-state index in [0.29, 0.717) is 13.1 Å². The monoisotopic (exact) mass is 330 g/mol. The molecule has 0 aromatic carbocycles. The second kappa shape index (κ2) is 5.65. The minimum atomic E-state index is -0.865. The van der Waals surface area contributed by atoms with E-state index in [-0.39, 0.29) is 11.5 Å². The Kier molecular flexibility index (Phi) is 3.58. The molecular weight excluding hydrogens is 308 g/mol. The summed E-state index contributed by atoms with van der Waals surface area (Å²) >= 11 is 0. The van der Waals surface area contributed by atoms with Gasteiger partial charge in [0.2, 0.25) is 0 Å². The van der Waals surface area contributed by atoms with E-state index >= 15 is 0 Å². The number of nitrogens with zero attached hydrogens (tertiary/aromatic N) is 3. The molecule has 1 fully saturated rings. The highest BCUT2D eigenvalue weighted by atomic mass is 16.4. The van der Waals surface area contributed by atoms with E-state index in [2.05, 4.69) is 10.1 Å². The lowest BCUT2D eigenvalue weighted by Gasteiger charge is -2.30. The summed E-state index contributed by atoms with van der Waals surface area (Å²) in [6.45, 7) is 1.07. The van der Waals surface area contributed by atoms with Crippen molar-refractivity contribution in [2.24, 2.45) is 7.05 Å². The van der Waals surface area contributed by atoms with Crippen LogP contribution in [-0.2, 0) is 19.9 Å². The Morgan fingerprint density at radius 3 is 2.75 bits per heavy atom. The van der Waals surface area contributed by atoms with Crippen molar-refractivity contribution in [2.45, 2.75) is 44.4 Å². The zero-order chi connectivity index (χ0) is 16.8. The molecule has 1 aliphatic heterocycles. The molecule has 0 saturated carbocycles. The van der Waals surface area contributed by atoms with Crippen LogP contribution in [0, 0.1) is 0 Å². The van der Waals surface area contributed by atoms with Crippen LogP contribution < -0.4 is 5.56 Å². The summed E-state index contributed by atoms with van der Waals surface area (Å²) in [5, 5.41) is 15.0. The van der Waals surface area contributed by atoms with Gasteiger partial charge in [0.25, 0.3) is 5.56 Å². The number of fused-ring (bicyclic) bond motifs is 3. The van der Waals surface area contributed by atoms with Gasteiger partial charge in [-0.1, -0.05) is 0 Å². The first-order valence-corrected chi connectivity index (χ1v) is 8.64. The highest BCUT2D eigenvalue weighted by Gasteiger charge is 2.30. The molecule has 24 heavy (non-hydrogen) atoms. The SMILES string of the molecule is Cn1nc(C2CCCN(C(=O)O)C2)c2c3c(c(=O)[nH]c21)CCCC3. The zero-order valence-electron chi connectivity index (χ0n) is 13.8. The number of aryl methyl sites for hydroxylation is 2. The fourth-order valence-corrected chi connectivity index (χ4v) is 4.26. The van der Waals surface area contributed by atoms with Gasteiger partial charge in [0.15, 0.2) is 0 Å². The van der Waals surface area contributed by atoms with E-state index in [4.69, 9.17) is 0 Å². The molecule has 2 aromatic rings. The summed E-state index contributed by atoms with van der Waals surface area (Å²) in [5.74, 6) is 0.0930. The molecule has 7 heteroatoms. The normalized spacial score (nSPS) is 21.0. The maximum atomic E-state index is 12.4. The third-order valence-corrected chi connectivity index (χ3v) is 5.43. The Labute approximate surface area is 139 Å². The van der Waals surface area contributed by atoms with Crippen LogP contribution >= 0.6 is 0 Å². The number of aromatic amines is 1. The minimum absolute atomic E-state index is 0.00237. The van der Waals surface area contributed by atoms with Crippen molar-refractivity contribution in [3.05, 3.63) is 27.2 Å². The van der Waals surface area contributed by atoms with E-state index in [0.717, 1.165) is 66.4 Å². The highest BCUT2D eigenvalue weighted by Crippen LogP contribution is 2.34. The summed E-state index contributed by atoms with van der Waals surface area (Å²) < 4.78 is 1.74.